The van der Waals surface area contributed by atoms with Crippen molar-refractivity contribution < 1.29 is 4.74 Å². The lowest BCUT2D eigenvalue weighted by molar-refractivity contribution is -0.119. The van der Waals surface area contributed by atoms with Gasteiger partial charge in [0, 0.05) is 12.6 Å². The Labute approximate surface area is 87.4 Å². The third-order valence-corrected chi connectivity index (χ3v) is 3.65. The molecule has 0 amide bonds. The molecule has 82 valence electrons. The molecule has 0 aromatic carbocycles. The van der Waals surface area contributed by atoms with Crippen molar-refractivity contribution in [2.24, 2.45) is 10.8 Å². The highest BCUT2D eigenvalue weighted by molar-refractivity contribution is 5.00. The Bertz CT molecular complexity index is 222. The monoisotopic (exact) mass is 197 g/mol. The lowest BCUT2D eigenvalue weighted by Gasteiger charge is -2.52. The van der Waals surface area contributed by atoms with Crippen LogP contribution in [-0.4, -0.2) is 25.3 Å². The topological polar surface area (TPSA) is 21.3 Å². The second-order valence-electron chi connectivity index (χ2n) is 6.39. The highest BCUT2D eigenvalue weighted by atomic mass is 16.5. The van der Waals surface area contributed by atoms with Crippen molar-refractivity contribution in [3.8, 4) is 0 Å². The van der Waals surface area contributed by atoms with E-state index in [2.05, 4.69) is 33.0 Å². The second kappa shape index (κ2) is 3.21. The van der Waals surface area contributed by atoms with Gasteiger partial charge in [0.1, 0.15) is 0 Å². The van der Waals surface area contributed by atoms with Crippen LogP contribution in [0.2, 0.25) is 0 Å². The standard InChI is InChI=1S/C12H23NO/c1-11(2)7-9-10(12(3,4)8-11)14-6-5-13-9/h9-10,13H,5-8H2,1-4H3/t9-,10-/m1/s1. The smallest absolute Gasteiger partial charge is 0.0779 e. The van der Waals surface area contributed by atoms with Gasteiger partial charge in [0.25, 0.3) is 0 Å². The number of ether oxygens (including phenoxy) is 1. The summed E-state index contributed by atoms with van der Waals surface area (Å²) in [7, 11) is 0. The van der Waals surface area contributed by atoms with Gasteiger partial charge in [0.15, 0.2) is 0 Å². The molecule has 0 aromatic heterocycles. The van der Waals surface area contributed by atoms with Crippen molar-refractivity contribution >= 4 is 0 Å². The maximum atomic E-state index is 5.93. The number of hydrogen-bond acceptors (Lipinski definition) is 2. The molecule has 2 aliphatic rings. The fourth-order valence-electron chi connectivity index (χ4n) is 3.60. The Balaban J connectivity index is 2.18. The van der Waals surface area contributed by atoms with Gasteiger partial charge in [-0.15, -0.1) is 0 Å². The molecule has 1 N–H and O–H groups in total. The number of rotatable bonds is 0. The molecular formula is C12H23NO. The predicted molar refractivity (Wildman–Crippen MR) is 58.3 cm³/mol. The molecule has 1 aliphatic heterocycles. The fourth-order valence-corrected chi connectivity index (χ4v) is 3.60. The van der Waals surface area contributed by atoms with Gasteiger partial charge in [0.05, 0.1) is 12.7 Å². The molecule has 0 aromatic rings. The molecule has 0 unspecified atom stereocenters. The van der Waals surface area contributed by atoms with Crippen LogP contribution in [-0.2, 0) is 4.74 Å². The molecule has 0 bridgehead atoms. The fraction of sp³-hybridized carbons (Fsp3) is 1.00. The molecule has 1 saturated carbocycles. The summed E-state index contributed by atoms with van der Waals surface area (Å²) in [6, 6.07) is 0.572. The first-order valence-corrected chi connectivity index (χ1v) is 5.76. The summed E-state index contributed by atoms with van der Waals surface area (Å²) in [6.07, 6.45) is 2.94. The minimum absolute atomic E-state index is 0.319. The largest absolute Gasteiger partial charge is 0.375 e. The van der Waals surface area contributed by atoms with Crippen molar-refractivity contribution in [1.82, 2.24) is 5.32 Å². The van der Waals surface area contributed by atoms with Crippen LogP contribution in [0.3, 0.4) is 0 Å². The molecule has 2 heteroatoms. The van der Waals surface area contributed by atoms with Gasteiger partial charge >= 0.3 is 0 Å². The zero-order chi connectivity index (χ0) is 10.4. The molecular weight excluding hydrogens is 174 g/mol. The summed E-state index contributed by atoms with van der Waals surface area (Å²) in [5.41, 5.74) is 0.776. The Morgan fingerprint density at radius 3 is 2.64 bits per heavy atom. The summed E-state index contributed by atoms with van der Waals surface area (Å²) < 4.78 is 5.93. The second-order valence-corrected chi connectivity index (χ2v) is 6.39. The average Bonchev–Trinajstić information content (AvgIpc) is 2.00. The van der Waals surface area contributed by atoms with Crippen LogP contribution in [0.4, 0.5) is 0 Å². The number of hydrogen-bond donors (Lipinski definition) is 1. The van der Waals surface area contributed by atoms with E-state index in [4.69, 9.17) is 4.74 Å². The van der Waals surface area contributed by atoms with E-state index in [1.165, 1.54) is 12.8 Å². The number of fused-ring (bicyclic) bond motifs is 1. The summed E-state index contributed by atoms with van der Waals surface area (Å²) in [4.78, 5) is 0. The lowest BCUT2D eigenvalue weighted by atomic mass is 9.61. The van der Waals surface area contributed by atoms with Gasteiger partial charge in [-0.1, -0.05) is 27.7 Å². The number of morpholine rings is 1. The summed E-state index contributed by atoms with van der Waals surface area (Å²) >= 11 is 0. The van der Waals surface area contributed by atoms with Gasteiger partial charge in [-0.2, -0.15) is 0 Å². The van der Waals surface area contributed by atoms with E-state index in [0.29, 0.717) is 23.0 Å². The van der Waals surface area contributed by atoms with Gasteiger partial charge < -0.3 is 10.1 Å². The molecule has 2 rings (SSSR count). The van der Waals surface area contributed by atoms with Crippen LogP contribution in [0.5, 0.6) is 0 Å². The Morgan fingerprint density at radius 2 is 1.93 bits per heavy atom. The average molecular weight is 197 g/mol. The molecule has 2 nitrogen and oxygen atoms in total. The van der Waals surface area contributed by atoms with Crippen molar-refractivity contribution in [3.63, 3.8) is 0 Å². The minimum atomic E-state index is 0.319. The van der Waals surface area contributed by atoms with Crippen molar-refractivity contribution in [2.75, 3.05) is 13.2 Å². The van der Waals surface area contributed by atoms with E-state index in [1.54, 1.807) is 0 Å². The third kappa shape index (κ3) is 1.82. The van der Waals surface area contributed by atoms with Crippen LogP contribution in [0.1, 0.15) is 40.5 Å². The maximum Gasteiger partial charge on any atom is 0.0779 e. The molecule has 2 atom stereocenters. The van der Waals surface area contributed by atoms with E-state index >= 15 is 0 Å². The summed E-state index contributed by atoms with van der Waals surface area (Å²) in [5, 5.41) is 3.61. The van der Waals surface area contributed by atoms with E-state index in [9.17, 15) is 0 Å². The number of nitrogens with one attached hydrogen (secondary N) is 1. The first-order chi connectivity index (χ1) is 6.41. The van der Waals surface area contributed by atoms with Gasteiger partial charge in [-0.25, -0.2) is 0 Å². The van der Waals surface area contributed by atoms with Crippen LogP contribution < -0.4 is 5.32 Å². The molecule has 14 heavy (non-hydrogen) atoms. The Kier molecular flexibility index (Phi) is 2.39. The van der Waals surface area contributed by atoms with E-state index < -0.39 is 0 Å². The zero-order valence-electron chi connectivity index (χ0n) is 9.89. The third-order valence-electron chi connectivity index (χ3n) is 3.65. The van der Waals surface area contributed by atoms with E-state index in [0.717, 1.165) is 13.2 Å². The van der Waals surface area contributed by atoms with E-state index in [1.807, 2.05) is 0 Å². The first kappa shape index (κ1) is 10.4. The van der Waals surface area contributed by atoms with Crippen LogP contribution in [0.25, 0.3) is 0 Å². The highest BCUT2D eigenvalue weighted by Gasteiger charge is 2.47. The minimum Gasteiger partial charge on any atom is -0.375 e. The van der Waals surface area contributed by atoms with Crippen LogP contribution in [0.15, 0.2) is 0 Å². The summed E-state index contributed by atoms with van der Waals surface area (Å²) in [5.74, 6) is 0. The van der Waals surface area contributed by atoms with Gasteiger partial charge in [-0.05, 0) is 23.7 Å². The van der Waals surface area contributed by atoms with Crippen molar-refractivity contribution in [1.29, 1.82) is 0 Å². The lowest BCUT2D eigenvalue weighted by Crippen LogP contribution is -2.59. The normalized spacial score (nSPS) is 40.3. The molecule has 2 fully saturated rings. The molecule has 1 aliphatic carbocycles. The highest BCUT2D eigenvalue weighted by Crippen LogP contribution is 2.47. The van der Waals surface area contributed by atoms with Crippen molar-refractivity contribution in [3.05, 3.63) is 0 Å². The predicted octanol–water partition coefficient (Wildman–Crippen LogP) is 2.19. The van der Waals surface area contributed by atoms with Crippen molar-refractivity contribution in [2.45, 2.75) is 52.7 Å². The zero-order valence-corrected chi connectivity index (χ0v) is 9.89. The van der Waals surface area contributed by atoms with Crippen LogP contribution in [0, 0.1) is 10.8 Å². The summed E-state index contributed by atoms with van der Waals surface area (Å²) in [6.45, 7) is 11.3. The van der Waals surface area contributed by atoms with Gasteiger partial charge in [-0.3, -0.25) is 0 Å². The molecule has 1 heterocycles. The maximum absolute atomic E-state index is 5.93. The van der Waals surface area contributed by atoms with Crippen LogP contribution >= 0.6 is 0 Å². The molecule has 0 radical (unpaired) electrons. The molecule has 0 spiro atoms. The SMILES string of the molecule is CC1(C)C[C@H]2NCCO[C@H]2C(C)(C)C1. The Hall–Kier alpha value is -0.0800. The Morgan fingerprint density at radius 1 is 1.21 bits per heavy atom. The first-order valence-electron chi connectivity index (χ1n) is 5.76. The van der Waals surface area contributed by atoms with E-state index in [-0.39, 0.29) is 0 Å². The molecule has 1 saturated heterocycles. The quantitative estimate of drug-likeness (QED) is 0.643. The van der Waals surface area contributed by atoms with Gasteiger partial charge in [0.2, 0.25) is 0 Å².